The van der Waals surface area contributed by atoms with Gasteiger partial charge in [0.15, 0.2) is 51.1 Å². The fourth-order valence-corrected chi connectivity index (χ4v) is 5.01. The van der Waals surface area contributed by atoms with E-state index < -0.39 is 58.2 Å². The third kappa shape index (κ3) is 10.2. The maximum atomic E-state index is 13.1. The molecule has 3 aliphatic heterocycles. The largest absolute Gasteiger partial charge is 0.493 e. The summed E-state index contributed by atoms with van der Waals surface area (Å²) < 4.78 is 44.8. The first-order valence-electron chi connectivity index (χ1n) is 16.6. The molecule has 3 saturated heterocycles. The molecule has 3 fully saturated rings. The first-order chi connectivity index (χ1) is 26.4. The molecule has 300 valence electrons. The number of hydrogen-bond acceptors (Lipinski definition) is 13. The first kappa shape index (κ1) is 41.8. The SMILES string of the molecule is COc1cc(N)ccc1OCC1(C)NC(=O)NC1=O.COc1ccc(F)cc1OCC1(C)NC(=O)NC1=O.COc1ccccc1OCC1(C)NC(=O)NC1=O. The fourth-order valence-electron chi connectivity index (χ4n) is 5.01. The summed E-state index contributed by atoms with van der Waals surface area (Å²) in [4.78, 5) is 68.0. The predicted molar refractivity (Wildman–Crippen MR) is 195 cm³/mol. The fraction of sp³-hybridized carbons (Fsp3) is 0.333. The summed E-state index contributed by atoms with van der Waals surface area (Å²) in [5, 5.41) is 13.9. The molecule has 3 atom stereocenters. The number of nitrogens with one attached hydrogen (secondary N) is 6. The summed E-state index contributed by atoms with van der Waals surface area (Å²) in [6, 6.07) is 14.2. The van der Waals surface area contributed by atoms with Gasteiger partial charge >= 0.3 is 18.1 Å². The molecule has 9 amide bonds. The second-order valence-corrected chi connectivity index (χ2v) is 12.9. The molecular weight excluding hydrogens is 741 g/mol. The molecule has 6 rings (SSSR count). The normalized spacial score (nSPS) is 22.0. The Bertz CT molecular complexity index is 2000. The quantitative estimate of drug-likeness (QED) is 0.102. The van der Waals surface area contributed by atoms with E-state index in [0.29, 0.717) is 34.4 Å². The summed E-state index contributed by atoms with van der Waals surface area (Å²) in [6.45, 7) is 4.58. The molecule has 3 aliphatic rings. The van der Waals surface area contributed by atoms with Crippen LogP contribution >= 0.6 is 0 Å². The van der Waals surface area contributed by atoms with Gasteiger partial charge in [-0.1, -0.05) is 12.1 Å². The Kier molecular flexibility index (Phi) is 13.0. The number of halogens is 1. The molecule has 3 aromatic carbocycles. The van der Waals surface area contributed by atoms with Crippen molar-refractivity contribution in [1.82, 2.24) is 31.9 Å². The van der Waals surface area contributed by atoms with Gasteiger partial charge < -0.3 is 50.1 Å². The molecule has 19 nitrogen and oxygen atoms in total. The van der Waals surface area contributed by atoms with Crippen LogP contribution in [0.3, 0.4) is 0 Å². The van der Waals surface area contributed by atoms with Crippen molar-refractivity contribution < 1.29 is 61.6 Å². The van der Waals surface area contributed by atoms with E-state index >= 15 is 0 Å². The second kappa shape index (κ2) is 17.4. The molecule has 20 heteroatoms. The topological polar surface area (TPSA) is 256 Å². The Morgan fingerprint density at radius 1 is 0.518 bits per heavy atom. The van der Waals surface area contributed by atoms with Crippen molar-refractivity contribution in [3.8, 4) is 34.5 Å². The first-order valence-corrected chi connectivity index (χ1v) is 16.6. The molecule has 0 radical (unpaired) electrons. The number of carbonyl (C=O) groups is 6. The Morgan fingerprint density at radius 2 is 0.893 bits per heavy atom. The van der Waals surface area contributed by atoms with Crippen molar-refractivity contribution in [3.05, 3.63) is 66.5 Å². The molecule has 3 heterocycles. The van der Waals surface area contributed by atoms with E-state index in [1.165, 1.54) is 40.4 Å². The smallest absolute Gasteiger partial charge is 0.322 e. The summed E-state index contributed by atoms with van der Waals surface area (Å²) in [5.74, 6) is 0.719. The van der Waals surface area contributed by atoms with Gasteiger partial charge in [0.05, 0.1) is 21.3 Å². The zero-order valence-electron chi connectivity index (χ0n) is 31.2. The number of imide groups is 3. The molecule has 3 unspecified atom stereocenters. The van der Waals surface area contributed by atoms with E-state index in [1.54, 1.807) is 50.2 Å². The van der Waals surface area contributed by atoms with Crippen molar-refractivity contribution in [1.29, 1.82) is 0 Å². The second-order valence-electron chi connectivity index (χ2n) is 12.9. The van der Waals surface area contributed by atoms with Gasteiger partial charge in [0.25, 0.3) is 17.7 Å². The van der Waals surface area contributed by atoms with Gasteiger partial charge in [-0.15, -0.1) is 0 Å². The predicted octanol–water partition coefficient (Wildman–Crippen LogP) is 1.74. The summed E-state index contributed by atoms with van der Waals surface area (Å²) in [6.07, 6.45) is 0. The highest BCUT2D eigenvalue weighted by Crippen LogP contribution is 2.31. The number of para-hydroxylation sites is 2. The highest BCUT2D eigenvalue weighted by atomic mass is 19.1. The summed E-state index contributed by atoms with van der Waals surface area (Å²) >= 11 is 0. The summed E-state index contributed by atoms with van der Waals surface area (Å²) in [5.41, 5.74) is 2.84. The molecule has 8 N–H and O–H groups in total. The number of anilines is 1. The number of urea groups is 3. The molecule has 0 spiro atoms. The number of nitrogens with two attached hydrogens (primary N) is 1. The average molecular weight is 784 g/mol. The van der Waals surface area contributed by atoms with Gasteiger partial charge in [-0.3, -0.25) is 30.3 Å². The van der Waals surface area contributed by atoms with Gasteiger partial charge in [0, 0.05) is 17.8 Å². The number of carbonyl (C=O) groups excluding carboxylic acids is 6. The molecule has 0 bridgehead atoms. The van der Waals surface area contributed by atoms with E-state index in [-0.39, 0.29) is 25.6 Å². The van der Waals surface area contributed by atoms with Crippen molar-refractivity contribution in [2.75, 3.05) is 46.9 Å². The highest BCUT2D eigenvalue weighted by Gasteiger charge is 2.44. The Hall–Kier alpha value is -6.99. The minimum Gasteiger partial charge on any atom is -0.493 e. The molecule has 3 aromatic rings. The third-order valence-electron chi connectivity index (χ3n) is 8.28. The molecule has 0 aromatic heterocycles. The van der Waals surface area contributed by atoms with E-state index in [1.807, 2.05) is 6.07 Å². The lowest BCUT2D eigenvalue weighted by atomic mass is 10.1. The van der Waals surface area contributed by atoms with Crippen LogP contribution in [0.15, 0.2) is 60.7 Å². The number of benzene rings is 3. The van der Waals surface area contributed by atoms with Crippen LogP contribution in [0.4, 0.5) is 24.5 Å². The highest BCUT2D eigenvalue weighted by molar-refractivity contribution is 6.08. The number of methoxy groups -OCH3 is 3. The molecule has 0 aliphatic carbocycles. The van der Waals surface area contributed by atoms with Gasteiger partial charge in [0.1, 0.15) is 25.6 Å². The Morgan fingerprint density at radius 3 is 1.30 bits per heavy atom. The number of amides is 9. The van der Waals surface area contributed by atoms with Crippen LogP contribution in [0.2, 0.25) is 0 Å². The van der Waals surface area contributed by atoms with Crippen molar-refractivity contribution in [2.45, 2.75) is 37.4 Å². The van der Waals surface area contributed by atoms with Crippen molar-refractivity contribution in [3.63, 3.8) is 0 Å². The lowest BCUT2D eigenvalue weighted by Crippen LogP contribution is -2.48. The number of hydrogen-bond donors (Lipinski definition) is 7. The summed E-state index contributed by atoms with van der Waals surface area (Å²) in [7, 11) is 4.45. The van der Waals surface area contributed by atoms with Gasteiger partial charge in [0.2, 0.25) is 0 Å². The lowest BCUT2D eigenvalue weighted by Gasteiger charge is -2.21. The van der Waals surface area contributed by atoms with Crippen LogP contribution in [0.5, 0.6) is 34.5 Å². The maximum absolute atomic E-state index is 13.1. The van der Waals surface area contributed by atoms with Crippen molar-refractivity contribution >= 4 is 41.5 Å². The van der Waals surface area contributed by atoms with Crippen molar-refractivity contribution in [2.24, 2.45) is 0 Å². The van der Waals surface area contributed by atoms with E-state index in [2.05, 4.69) is 31.9 Å². The van der Waals surface area contributed by atoms with Crippen LogP contribution in [-0.4, -0.2) is 93.6 Å². The van der Waals surface area contributed by atoms with Gasteiger partial charge in [-0.05, 0) is 57.2 Å². The van der Waals surface area contributed by atoms with E-state index in [4.69, 9.17) is 34.2 Å². The minimum absolute atomic E-state index is 0.00908. The number of ether oxygens (including phenoxy) is 6. The lowest BCUT2D eigenvalue weighted by molar-refractivity contribution is -0.125. The Balaban J connectivity index is 0.000000187. The van der Waals surface area contributed by atoms with Gasteiger partial charge in [-0.2, -0.15) is 0 Å². The number of nitrogen functional groups attached to an aromatic ring is 1. The molecule has 56 heavy (non-hydrogen) atoms. The van der Waals surface area contributed by atoms with Gasteiger partial charge in [-0.25, -0.2) is 18.8 Å². The minimum atomic E-state index is -1.19. The monoisotopic (exact) mass is 783 g/mol. The zero-order chi connectivity index (χ0) is 41.3. The maximum Gasteiger partial charge on any atom is 0.322 e. The van der Waals surface area contributed by atoms with E-state index in [9.17, 15) is 33.2 Å². The zero-order valence-corrected chi connectivity index (χ0v) is 31.2. The van der Waals surface area contributed by atoms with E-state index in [0.717, 1.165) is 6.07 Å². The van der Waals surface area contributed by atoms with Crippen LogP contribution < -0.4 is 66.1 Å². The third-order valence-corrected chi connectivity index (χ3v) is 8.28. The van der Waals surface area contributed by atoms with Crippen LogP contribution in [0.1, 0.15) is 20.8 Å². The van der Waals surface area contributed by atoms with Crippen LogP contribution in [0, 0.1) is 5.82 Å². The van der Waals surface area contributed by atoms with Crippen LogP contribution in [-0.2, 0) is 14.4 Å². The average Bonchev–Trinajstić information content (AvgIpc) is 3.69. The standard InChI is InChI=1S/C12H13FN2O4.C12H15N3O4.C12H14N2O4/c1-12(10(16)14-11(17)15-12)6-19-9-5-7(13)3-4-8(9)18-2;1-12(10(16)14-11(17)15-12)6-19-8-4-3-7(13)5-9(8)18-2;1-12(10(15)13-11(16)14-12)7-18-9-6-4-3-5-8(9)17-2/h3-5H,6H2,1-2H3,(H2,14,15,16,17);3-5H,6,13H2,1-2H3,(H2,14,15,16,17);3-6H,7H2,1-2H3,(H2,13,14,15,16). The number of rotatable bonds is 12. The molecular formula is C36H42FN7O12. The molecule has 0 saturated carbocycles. The van der Waals surface area contributed by atoms with Crippen LogP contribution in [0.25, 0.3) is 0 Å². The Labute approximate surface area is 320 Å².